The summed E-state index contributed by atoms with van der Waals surface area (Å²) in [5.41, 5.74) is 5.91. The van der Waals surface area contributed by atoms with Gasteiger partial charge in [-0.25, -0.2) is 9.79 Å². The van der Waals surface area contributed by atoms with Crippen molar-refractivity contribution < 1.29 is 27.5 Å². The van der Waals surface area contributed by atoms with Gasteiger partial charge in [0.1, 0.15) is 11.9 Å². The molecule has 13 heteroatoms. The molecule has 9 nitrogen and oxygen atoms in total. The van der Waals surface area contributed by atoms with Gasteiger partial charge in [-0.1, -0.05) is 30.2 Å². The molecule has 0 aliphatic carbocycles. The Balaban J connectivity index is 1.54. The van der Waals surface area contributed by atoms with Crippen LogP contribution in [0.1, 0.15) is 30.7 Å². The van der Waals surface area contributed by atoms with Gasteiger partial charge in [0.25, 0.3) is 0 Å². The summed E-state index contributed by atoms with van der Waals surface area (Å²) in [5.74, 6) is -2.18. The van der Waals surface area contributed by atoms with Crippen LogP contribution in [0.3, 0.4) is 0 Å². The van der Waals surface area contributed by atoms with E-state index in [1.54, 1.807) is 53.3 Å². The number of hydrogen-bond acceptors (Lipinski definition) is 6. The number of halogens is 4. The van der Waals surface area contributed by atoms with E-state index in [1.165, 1.54) is 7.11 Å². The monoisotopic (exact) mass is 562 g/mol. The maximum Gasteiger partial charge on any atom is 0.493 e. The zero-order valence-corrected chi connectivity index (χ0v) is 21.9. The summed E-state index contributed by atoms with van der Waals surface area (Å²) in [6.45, 7) is 0.511. The van der Waals surface area contributed by atoms with Gasteiger partial charge in [-0.05, 0) is 42.7 Å². The van der Waals surface area contributed by atoms with Gasteiger partial charge in [0.15, 0.2) is 0 Å². The standard InChI is InChI=1S/C26H26ClF3N6O3/c1-34-15-17(14-31-34)20-11-10-19(13-22(20)38-2)32-25-33-35-12-4-3-5-21(16-6-8-18(27)9-7-16)23(35)36(25)39-24(37)26(28,29)30/h6-11,13-15,21,23H,3-5,12H2,1-2H3,(H,32,33). The summed E-state index contributed by atoms with van der Waals surface area (Å²) in [7, 11) is 3.31. The lowest BCUT2D eigenvalue weighted by Crippen LogP contribution is -2.46. The van der Waals surface area contributed by atoms with Crippen LogP contribution in [-0.2, 0) is 16.7 Å². The Morgan fingerprint density at radius 3 is 2.62 bits per heavy atom. The minimum Gasteiger partial charge on any atom is -0.496 e. The smallest absolute Gasteiger partial charge is 0.493 e. The van der Waals surface area contributed by atoms with E-state index in [9.17, 15) is 18.0 Å². The van der Waals surface area contributed by atoms with Crippen LogP contribution < -0.4 is 10.2 Å². The number of aryl methyl sites for hydroxylation is 1. The van der Waals surface area contributed by atoms with Gasteiger partial charge in [0.05, 0.1) is 19.0 Å². The first-order valence-corrected chi connectivity index (χ1v) is 12.6. The van der Waals surface area contributed by atoms with E-state index >= 15 is 0 Å². The SMILES string of the molecule is COc1cc(N=C2NN3CCCCC(c4ccc(Cl)cc4)C3N2OC(=O)C(F)(F)F)ccc1-c1cnn(C)c1. The molecular formula is C26H26ClF3N6O3. The minimum absolute atomic E-state index is 0.0466. The number of ether oxygens (including phenoxy) is 1. The highest BCUT2D eigenvalue weighted by molar-refractivity contribution is 6.30. The number of guanidine groups is 1. The van der Waals surface area contributed by atoms with Crippen LogP contribution in [0.25, 0.3) is 11.1 Å². The molecule has 5 rings (SSSR count). The maximum atomic E-state index is 13.3. The predicted molar refractivity (Wildman–Crippen MR) is 138 cm³/mol. The van der Waals surface area contributed by atoms with Crippen molar-refractivity contribution in [3.63, 3.8) is 0 Å². The summed E-state index contributed by atoms with van der Waals surface area (Å²) in [6, 6.07) is 12.3. The molecule has 3 heterocycles. The number of carbonyl (C=O) groups excluding carboxylic acids is 1. The predicted octanol–water partition coefficient (Wildman–Crippen LogP) is 5.17. The largest absolute Gasteiger partial charge is 0.496 e. The lowest BCUT2D eigenvalue weighted by atomic mass is 9.91. The molecule has 206 valence electrons. The van der Waals surface area contributed by atoms with Gasteiger partial charge in [0, 0.05) is 47.9 Å². The summed E-state index contributed by atoms with van der Waals surface area (Å²) >= 11 is 6.07. The Hall–Kier alpha value is -3.77. The number of benzene rings is 2. The third kappa shape index (κ3) is 5.66. The number of methoxy groups -OCH3 is 1. The fraction of sp³-hybridized carbons (Fsp3) is 0.346. The van der Waals surface area contributed by atoms with Crippen molar-refractivity contribution in [2.24, 2.45) is 12.0 Å². The Labute approximate surface area is 227 Å². The number of nitrogens with zero attached hydrogens (tertiary/aromatic N) is 5. The van der Waals surface area contributed by atoms with Gasteiger partial charge >= 0.3 is 12.1 Å². The molecule has 0 spiro atoms. The minimum atomic E-state index is -5.19. The molecule has 2 unspecified atom stereocenters. The highest BCUT2D eigenvalue weighted by atomic mass is 35.5. The average molecular weight is 563 g/mol. The molecule has 2 aliphatic heterocycles. The molecule has 0 radical (unpaired) electrons. The van der Waals surface area contributed by atoms with Gasteiger partial charge in [0.2, 0.25) is 5.96 Å². The van der Waals surface area contributed by atoms with Gasteiger partial charge in [-0.3, -0.25) is 10.1 Å². The van der Waals surface area contributed by atoms with Crippen molar-refractivity contribution in [3.05, 3.63) is 65.4 Å². The Bertz CT molecular complexity index is 1380. The first-order chi connectivity index (χ1) is 18.6. The van der Waals surface area contributed by atoms with Gasteiger partial charge in [-0.2, -0.15) is 28.3 Å². The third-order valence-corrected chi connectivity index (χ3v) is 6.93. The van der Waals surface area contributed by atoms with Crippen LogP contribution >= 0.6 is 11.6 Å². The van der Waals surface area contributed by atoms with E-state index in [4.69, 9.17) is 21.2 Å². The molecule has 1 aromatic heterocycles. The molecule has 2 atom stereocenters. The maximum absolute atomic E-state index is 13.3. The van der Waals surface area contributed by atoms with Crippen molar-refractivity contribution in [3.8, 4) is 16.9 Å². The average Bonchev–Trinajstić information content (AvgIpc) is 3.40. The normalized spacial score (nSPS) is 20.9. The molecule has 39 heavy (non-hydrogen) atoms. The third-order valence-electron chi connectivity index (χ3n) is 6.68. The fourth-order valence-corrected chi connectivity index (χ4v) is 5.02. The molecule has 2 saturated heterocycles. The number of hydroxylamine groups is 2. The van der Waals surface area contributed by atoms with Gasteiger partial charge in [-0.15, -0.1) is 0 Å². The topological polar surface area (TPSA) is 84.2 Å². The Morgan fingerprint density at radius 1 is 1.18 bits per heavy atom. The highest BCUT2D eigenvalue weighted by Gasteiger charge is 2.50. The van der Waals surface area contributed by atoms with Crippen molar-refractivity contribution in [1.29, 1.82) is 0 Å². The second-order valence-electron chi connectivity index (χ2n) is 9.30. The van der Waals surface area contributed by atoms with Crippen molar-refractivity contribution >= 4 is 29.2 Å². The Morgan fingerprint density at radius 2 is 1.95 bits per heavy atom. The number of carbonyl (C=O) groups is 1. The van der Waals surface area contributed by atoms with Crippen molar-refractivity contribution in [1.82, 2.24) is 25.3 Å². The molecule has 3 aromatic rings. The highest BCUT2D eigenvalue weighted by Crippen LogP contribution is 2.38. The molecular weight excluding hydrogens is 537 g/mol. The number of aromatic nitrogens is 2. The molecule has 2 aromatic carbocycles. The quantitative estimate of drug-likeness (QED) is 0.459. The van der Waals surface area contributed by atoms with Crippen LogP contribution in [0.15, 0.2) is 59.9 Å². The lowest BCUT2D eigenvalue weighted by molar-refractivity contribution is -0.234. The Kier molecular flexibility index (Phi) is 7.41. The number of rotatable bonds is 5. The molecule has 0 amide bonds. The van der Waals surface area contributed by atoms with E-state index in [0.717, 1.165) is 34.6 Å². The molecule has 2 fully saturated rings. The van der Waals surface area contributed by atoms with Crippen LogP contribution in [-0.4, -0.2) is 57.8 Å². The molecule has 2 aliphatic rings. The van der Waals surface area contributed by atoms with E-state index < -0.39 is 18.3 Å². The number of nitrogens with one attached hydrogen (secondary N) is 1. The van der Waals surface area contributed by atoms with E-state index in [-0.39, 0.29) is 11.9 Å². The van der Waals surface area contributed by atoms with Crippen molar-refractivity contribution in [2.75, 3.05) is 13.7 Å². The second kappa shape index (κ2) is 10.8. The lowest BCUT2D eigenvalue weighted by Gasteiger charge is -2.32. The van der Waals surface area contributed by atoms with Crippen LogP contribution in [0.5, 0.6) is 5.75 Å². The first kappa shape index (κ1) is 26.8. The van der Waals surface area contributed by atoms with Crippen LogP contribution in [0.4, 0.5) is 18.9 Å². The number of alkyl halides is 3. The number of hydrogen-bond donors (Lipinski definition) is 1. The zero-order valence-electron chi connectivity index (χ0n) is 21.2. The zero-order chi connectivity index (χ0) is 27.7. The van der Waals surface area contributed by atoms with Crippen LogP contribution in [0, 0.1) is 0 Å². The van der Waals surface area contributed by atoms with Crippen molar-refractivity contribution in [2.45, 2.75) is 37.5 Å². The van der Waals surface area contributed by atoms with E-state index in [0.29, 0.717) is 29.4 Å². The number of hydrazine groups is 1. The molecule has 0 bridgehead atoms. The molecule has 1 N–H and O–H groups in total. The van der Waals surface area contributed by atoms with Gasteiger partial charge < -0.3 is 9.57 Å². The number of fused-ring (bicyclic) bond motifs is 1. The summed E-state index contributed by atoms with van der Waals surface area (Å²) in [4.78, 5) is 21.6. The van der Waals surface area contributed by atoms with Crippen LogP contribution in [0.2, 0.25) is 5.02 Å². The summed E-state index contributed by atoms with van der Waals surface area (Å²) in [5, 5.41) is 7.41. The number of aliphatic imine (C=N–C) groups is 1. The molecule has 0 saturated carbocycles. The second-order valence-corrected chi connectivity index (χ2v) is 9.73. The first-order valence-electron chi connectivity index (χ1n) is 12.3. The fourth-order valence-electron chi connectivity index (χ4n) is 4.89. The summed E-state index contributed by atoms with van der Waals surface area (Å²) < 4.78 is 47.2. The van der Waals surface area contributed by atoms with E-state index in [2.05, 4.69) is 15.5 Å². The summed E-state index contributed by atoms with van der Waals surface area (Å²) in [6.07, 6.45) is -0.150. The van der Waals surface area contributed by atoms with E-state index in [1.807, 2.05) is 18.3 Å².